The number of carbonyl (C=O) groups excluding carboxylic acids is 1. The number of rotatable bonds is 1. The molecule has 3 heteroatoms. The average Bonchev–Trinajstić information content (AvgIpc) is 2.25. The molecule has 2 rings (SSSR count). The molecule has 0 unspecified atom stereocenters. The number of carbonyl (C=O) groups is 1. The van der Waals surface area contributed by atoms with Gasteiger partial charge in [0.15, 0.2) is 6.29 Å². The van der Waals surface area contributed by atoms with Crippen LogP contribution in [0.4, 0.5) is 0 Å². The first-order valence-electron chi connectivity index (χ1n) is 4.68. The third kappa shape index (κ3) is 1.46. The maximum absolute atomic E-state index is 10.6. The molecule has 0 spiro atoms. The summed E-state index contributed by atoms with van der Waals surface area (Å²) in [6.07, 6.45) is 0.677. The van der Waals surface area contributed by atoms with E-state index >= 15 is 0 Å². The van der Waals surface area contributed by atoms with Crippen LogP contribution in [0.2, 0.25) is 0 Å². The van der Waals surface area contributed by atoms with E-state index in [0.717, 1.165) is 16.5 Å². The Morgan fingerprint density at radius 2 is 2.00 bits per heavy atom. The van der Waals surface area contributed by atoms with E-state index in [1.165, 1.54) is 0 Å². The molecule has 1 aromatic carbocycles. The molecule has 0 fully saturated rings. The summed E-state index contributed by atoms with van der Waals surface area (Å²) in [5, 5.41) is 10.7. The number of phenolic OH excluding ortho intramolecular Hbond substituents is 1. The van der Waals surface area contributed by atoms with Crippen LogP contribution in [0, 0.1) is 13.8 Å². The zero-order valence-electron chi connectivity index (χ0n) is 8.61. The number of aryl methyl sites for hydroxylation is 2. The fourth-order valence-corrected chi connectivity index (χ4v) is 1.70. The summed E-state index contributed by atoms with van der Waals surface area (Å²) >= 11 is 0. The summed E-state index contributed by atoms with van der Waals surface area (Å²) in [6.45, 7) is 3.77. The van der Waals surface area contributed by atoms with E-state index < -0.39 is 0 Å². The maximum atomic E-state index is 10.6. The lowest BCUT2D eigenvalue weighted by molar-refractivity contribution is 0.111. The second-order valence-corrected chi connectivity index (χ2v) is 3.61. The number of fused-ring (bicyclic) bond motifs is 1. The molecule has 0 aliphatic carbocycles. The number of hydrogen-bond donors (Lipinski definition) is 1. The maximum Gasteiger partial charge on any atom is 0.168 e. The Morgan fingerprint density at radius 3 is 2.67 bits per heavy atom. The van der Waals surface area contributed by atoms with E-state index in [0.29, 0.717) is 17.5 Å². The lowest BCUT2D eigenvalue weighted by atomic mass is 10.0. The Kier molecular flexibility index (Phi) is 2.15. The molecule has 1 aromatic heterocycles. The van der Waals surface area contributed by atoms with Gasteiger partial charge in [0, 0.05) is 5.39 Å². The van der Waals surface area contributed by atoms with Gasteiger partial charge in [-0.15, -0.1) is 0 Å². The van der Waals surface area contributed by atoms with Crippen LogP contribution in [-0.2, 0) is 0 Å². The lowest BCUT2D eigenvalue weighted by Gasteiger charge is -2.07. The summed E-state index contributed by atoms with van der Waals surface area (Å²) in [7, 11) is 0. The zero-order chi connectivity index (χ0) is 11.0. The highest BCUT2D eigenvalue weighted by molar-refractivity contribution is 5.90. The molecule has 0 radical (unpaired) electrons. The molecule has 1 N–H and O–H groups in total. The Bertz CT molecular complexity index is 547. The molecular weight excluding hydrogens is 190 g/mol. The second kappa shape index (κ2) is 3.35. The predicted octanol–water partition coefficient (Wildman–Crippen LogP) is 2.37. The van der Waals surface area contributed by atoms with Gasteiger partial charge in [-0.2, -0.15) is 0 Å². The number of nitrogens with zero attached hydrogens (tertiary/aromatic N) is 1. The van der Waals surface area contributed by atoms with Crippen LogP contribution in [0.1, 0.15) is 21.6 Å². The Morgan fingerprint density at radius 1 is 1.27 bits per heavy atom. The van der Waals surface area contributed by atoms with E-state index in [9.17, 15) is 9.90 Å². The molecule has 0 atom stereocenters. The van der Waals surface area contributed by atoms with Crippen LogP contribution in [0.15, 0.2) is 18.2 Å². The number of benzene rings is 1. The van der Waals surface area contributed by atoms with Crippen LogP contribution < -0.4 is 0 Å². The van der Waals surface area contributed by atoms with Crippen molar-refractivity contribution >= 4 is 17.2 Å². The van der Waals surface area contributed by atoms with Crippen LogP contribution in [0.5, 0.6) is 5.75 Å². The number of pyridine rings is 1. The van der Waals surface area contributed by atoms with Crippen molar-refractivity contribution in [3.63, 3.8) is 0 Å². The standard InChI is InChI=1S/C12H11NO2/c1-7-5-8(2)12(15)11-10(7)4-3-9(6-14)13-11/h3-6,15H,1-2H3. The van der Waals surface area contributed by atoms with Crippen molar-refractivity contribution in [2.45, 2.75) is 13.8 Å². The van der Waals surface area contributed by atoms with Gasteiger partial charge in [0.2, 0.25) is 0 Å². The van der Waals surface area contributed by atoms with Crippen LogP contribution in [0.25, 0.3) is 10.9 Å². The molecule has 0 saturated carbocycles. The highest BCUT2D eigenvalue weighted by Gasteiger charge is 2.08. The number of phenols is 1. The monoisotopic (exact) mass is 201 g/mol. The van der Waals surface area contributed by atoms with Crippen molar-refractivity contribution in [3.05, 3.63) is 35.0 Å². The third-order valence-electron chi connectivity index (χ3n) is 2.49. The minimum absolute atomic E-state index is 0.152. The van der Waals surface area contributed by atoms with Crippen molar-refractivity contribution in [3.8, 4) is 5.75 Å². The van der Waals surface area contributed by atoms with Crippen LogP contribution in [-0.4, -0.2) is 16.4 Å². The number of hydrogen-bond acceptors (Lipinski definition) is 3. The molecule has 76 valence electrons. The minimum Gasteiger partial charge on any atom is -0.505 e. The van der Waals surface area contributed by atoms with Crippen molar-refractivity contribution < 1.29 is 9.90 Å². The van der Waals surface area contributed by atoms with E-state index in [2.05, 4.69) is 4.98 Å². The first-order valence-corrected chi connectivity index (χ1v) is 4.68. The van der Waals surface area contributed by atoms with E-state index in [1.54, 1.807) is 12.1 Å². The summed E-state index contributed by atoms with van der Waals surface area (Å²) in [5.74, 6) is 0.152. The van der Waals surface area contributed by atoms with Gasteiger partial charge >= 0.3 is 0 Å². The van der Waals surface area contributed by atoms with Crippen molar-refractivity contribution in [1.29, 1.82) is 0 Å². The van der Waals surface area contributed by atoms with Crippen molar-refractivity contribution in [2.75, 3.05) is 0 Å². The van der Waals surface area contributed by atoms with Gasteiger partial charge in [0.05, 0.1) is 0 Å². The summed E-state index contributed by atoms with van der Waals surface area (Å²) in [5.41, 5.74) is 2.65. The Labute approximate surface area is 87.4 Å². The van der Waals surface area contributed by atoms with E-state index in [-0.39, 0.29) is 5.75 Å². The van der Waals surface area contributed by atoms with Gasteiger partial charge in [0.25, 0.3) is 0 Å². The number of aldehydes is 1. The summed E-state index contributed by atoms with van der Waals surface area (Å²) < 4.78 is 0. The highest BCUT2D eigenvalue weighted by atomic mass is 16.3. The zero-order valence-corrected chi connectivity index (χ0v) is 8.61. The molecule has 0 bridgehead atoms. The first-order chi connectivity index (χ1) is 7.13. The van der Waals surface area contributed by atoms with Gasteiger partial charge in [-0.1, -0.05) is 12.1 Å². The van der Waals surface area contributed by atoms with Crippen molar-refractivity contribution in [1.82, 2.24) is 4.98 Å². The molecule has 0 aliphatic rings. The normalized spacial score (nSPS) is 10.5. The topological polar surface area (TPSA) is 50.2 Å². The third-order valence-corrected chi connectivity index (χ3v) is 2.49. The molecule has 1 heterocycles. The minimum atomic E-state index is 0.152. The Hall–Kier alpha value is -1.90. The SMILES string of the molecule is Cc1cc(C)c2ccc(C=O)nc2c1O. The van der Waals surface area contributed by atoms with Gasteiger partial charge in [-0.05, 0) is 31.0 Å². The molecule has 0 aliphatic heterocycles. The quantitative estimate of drug-likeness (QED) is 0.720. The molecule has 3 nitrogen and oxygen atoms in total. The number of aromatic hydroxyl groups is 1. The number of aromatic nitrogens is 1. The van der Waals surface area contributed by atoms with Gasteiger partial charge in [0.1, 0.15) is 17.0 Å². The Balaban J connectivity index is 2.91. The lowest BCUT2D eigenvalue weighted by Crippen LogP contribution is -1.91. The van der Waals surface area contributed by atoms with Crippen molar-refractivity contribution in [2.24, 2.45) is 0 Å². The van der Waals surface area contributed by atoms with Gasteiger partial charge in [-0.3, -0.25) is 4.79 Å². The summed E-state index contributed by atoms with van der Waals surface area (Å²) in [6, 6.07) is 5.36. The largest absolute Gasteiger partial charge is 0.505 e. The smallest absolute Gasteiger partial charge is 0.168 e. The highest BCUT2D eigenvalue weighted by Crippen LogP contribution is 2.29. The molecule has 0 amide bonds. The predicted molar refractivity (Wildman–Crippen MR) is 58.3 cm³/mol. The van der Waals surface area contributed by atoms with E-state index in [1.807, 2.05) is 19.9 Å². The van der Waals surface area contributed by atoms with Crippen LogP contribution >= 0.6 is 0 Å². The van der Waals surface area contributed by atoms with Gasteiger partial charge in [-0.25, -0.2) is 4.98 Å². The molecule has 15 heavy (non-hydrogen) atoms. The fraction of sp³-hybridized carbons (Fsp3) is 0.167. The summed E-state index contributed by atoms with van der Waals surface area (Å²) in [4.78, 5) is 14.7. The first kappa shape index (κ1) is 9.65. The molecule has 0 saturated heterocycles. The molecular formula is C12H11NO2. The average molecular weight is 201 g/mol. The van der Waals surface area contributed by atoms with Gasteiger partial charge < -0.3 is 5.11 Å². The van der Waals surface area contributed by atoms with E-state index in [4.69, 9.17) is 0 Å². The molecule has 2 aromatic rings. The van der Waals surface area contributed by atoms with Crippen LogP contribution in [0.3, 0.4) is 0 Å². The second-order valence-electron chi connectivity index (χ2n) is 3.61. The fourth-order valence-electron chi connectivity index (χ4n) is 1.70.